The van der Waals surface area contributed by atoms with E-state index in [0.717, 1.165) is 63.1 Å². The van der Waals surface area contributed by atoms with Crippen LogP contribution >= 0.6 is 0 Å². The maximum Gasteiger partial charge on any atom is 0.222 e. The number of rotatable bonds is 4. The van der Waals surface area contributed by atoms with E-state index in [1.54, 1.807) is 0 Å². The zero-order chi connectivity index (χ0) is 16.7. The molecule has 132 valence electrons. The van der Waals surface area contributed by atoms with E-state index in [4.69, 9.17) is 0 Å². The third kappa shape index (κ3) is 3.34. The lowest BCUT2D eigenvalue weighted by Gasteiger charge is -2.47. The molecule has 1 aromatic rings. The molecule has 1 amide bonds. The molecule has 2 aliphatic heterocycles. The molecule has 0 radical (unpaired) electrons. The Morgan fingerprint density at radius 1 is 1.21 bits per heavy atom. The Hall–Kier alpha value is -1.43. The predicted octanol–water partition coefficient (Wildman–Crippen LogP) is 1.74. The molecule has 24 heavy (non-hydrogen) atoms. The van der Waals surface area contributed by atoms with Crippen LogP contribution in [0.3, 0.4) is 0 Å². The van der Waals surface area contributed by atoms with Crippen LogP contribution in [0.2, 0.25) is 0 Å². The number of likely N-dealkylation sites (tertiary alicyclic amines) is 2. The number of carbonyl (C=O) groups excluding carboxylic acids is 1. The van der Waals surface area contributed by atoms with E-state index >= 15 is 0 Å². The van der Waals surface area contributed by atoms with Gasteiger partial charge in [0.25, 0.3) is 0 Å². The average molecular weight is 331 g/mol. The van der Waals surface area contributed by atoms with Gasteiger partial charge in [0, 0.05) is 26.6 Å². The van der Waals surface area contributed by atoms with Gasteiger partial charge in [-0.25, -0.2) is 4.98 Å². The Morgan fingerprint density at radius 2 is 1.96 bits per heavy atom. The van der Waals surface area contributed by atoms with Crippen LogP contribution in [-0.2, 0) is 18.4 Å². The van der Waals surface area contributed by atoms with Gasteiger partial charge < -0.3 is 4.90 Å². The Kier molecular flexibility index (Phi) is 4.11. The molecule has 0 bridgehead atoms. The smallest absolute Gasteiger partial charge is 0.222 e. The number of amides is 1. The first-order valence-electron chi connectivity index (χ1n) is 9.40. The molecule has 1 aromatic heterocycles. The van der Waals surface area contributed by atoms with Gasteiger partial charge in [-0.2, -0.15) is 5.10 Å². The van der Waals surface area contributed by atoms with Crippen LogP contribution < -0.4 is 0 Å². The second-order valence-corrected chi connectivity index (χ2v) is 8.19. The van der Waals surface area contributed by atoms with Gasteiger partial charge >= 0.3 is 0 Å². The lowest BCUT2D eigenvalue weighted by Crippen LogP contribution is -2.51. The van der Waals surface area contributed by atoms with Crippen molar-refractivity contribution in [3.05, 3.63) is 11.6 Å². The maximum absolute atomic E-state index is 12.2. The summed E-state index contributed by atoms with van der Waals surface area (Å²) in [7, 11) is 1.98. The molecule has 0 atom stereocenters. The summed E-state index contributed by atoms with van der Waals surface area (Å²) in [4.78, 5) is 21.4. The lowest BCUT2D eigenvalue weighted by atomic mass is 9.72. The predicted molar refractivity (Wildman–Crippen MR) is 91.2 cm³/mol. The number of piperidine rings is 2. The van der Waals surface area contributed by atoms with Crippen LogP contribution in [0.15, 0.2) is 0 Å². The Labute approximate surface area is 144 Å². The highest BCUT2D eigenvalue weighted by Gasteiger charge is 2.42. The van der Waals surface area contributed by atoms with E-state index in [-0.39, 0.29) is 0 Å². The summed E-state index contributed by atoms with van der Waals surface area (Å²) in [5.74, 6) is 3.09. The van der Waals surface area contributed by atoms with E-state index in [1.807, 2.05) is 18.7 Å². The maximum atomic E-state index is 12.2. The summed E-state index contributed by atoms with van der Waals surface area (Å²) in [6, 6.07) is 0. The van der Waals surface area contributed by atoms with Gasteiger partial charge in [-0.3, -0.25) is 14.4 Å². The molecule has 3 fully saturated rings. The van der Waals surface area contributed by atoms with E-state index in [2.05, 4.69) is 19.9 Å². The van der Waals surface area contributed by atoms with Crippen molar-refractivity contribution in [2.45, 2.75) is 52.0 Å². The van der Waals surface area contributed by atoms with Crippen molar-refractivity contribution >= 4 is 5.91 Å². The minimum absolute atomic E-state index is 0.370. The van der Waals surface area contributed by atoms with Crippen molar-refractivity contribution < 1.29 is 4.79 Å². The molecule has 2 saturated heterocycles. The molecule has 0 aromatic carbocycles. The Morgan fingerprint density at radius 3 is 2.58 bits per heavy atom. The van der Waals surface area contributed by atoms with Crippen LogP contribution in [0.25, 0.3) is 0 Å². The fraction of sp³-hybridized carbons (Fsp3) is 0.833. The highest BCUT2D eigenvalue weighted by atomic mass is 16.2. The van der Waals surface area contributed by atoms with Gasteiger partial charge in [0.15, 0.2) is 0 Å². The molecule has 1 spiro atoms. The van der Waals surface area contributed by atoms with Gasteiger partial charge in [-0.15, -0.1) is 0 Å². The first-order valence-corrected chi connectivity index (χ1v) is 9.40. The van der Waals surface area contributed by atoms with Gasteiger partial charge in [0.2, 0.25) is 5.91 Å². The second-order valence-electron chi connectivity index (χ2n) is 8.19. The fourth-order valence-corrected chi connectivity index (χ4v) is 4.37. The number of nitrogens with zero attached hydrogens (tertiary/aromatic N) is 5. The fourth-order valence-electron chi connectivity index (χ4n) is 4.37. The van der Waals surface area contributed by atoms with Crippen molar-refractivity contribution in [2.24, 2.45) is 18.4 Å². The molecule has 3 aliphatic rings. The van der Waals surface area contributed by atoms with Gasteiger partial charge in [-0.1, -0.05) is 0 Å². The first-order chi connectivity index (χ1) is 11.5. The summed E-state index contributed by atoms with van der Waals surface area (Å²) in [6.45, 7) is 7.07. The highest BCUT2D eigenvalue weighted by molar-refractivity contribution is 5.77. The minimum Gasteiger partial charge on any atom is -0.342 e. The number of aromatic nitrogens is 3. The molecule has 6 heteroatoms. The standard InChI is InChI=1S/C18H29N5O/c1-14-19-16(21(2)20-14)12-22-9-7-18(8-10-22)6-5-17(24)23(13-18)11-15-3-4-15/h15H,3-13H2,1-2H3. The van der Waals surface area contributed by atoms with Crippen LogP contribution in [0.4, 0.5) is 0 Å². The summed E-state index contributed by atoms with van der Waals surface area (Å²) in [5, 5.41) is 4.35. The molecule has 4 rings (SSSR count). The molecule has 1 aliphatic carbocycles. The molecular formula is C18H29N5O. The van der Waals surface area contributed by atoms with Crippen LogP contribution in [-0.4, -0.2) is 56.7 Å². The summed E-state index contributed by atoms with van der Waals surface area (Å²) in [5.41, 5.74) is 0.370. The molecular weight excluding hydrogens is 302 g/mol. The van der Waals surface area contributed by atoms with Crippen molar-refractivity contribution in [1.29, 1.82) is 0 Å². The molecule has 3 heterocycles. The van der Waals surface area contributed by atoms with Crippen LogP contribution in [0.5, 0.6) is 0 Å². The van der Waals surface area contributed by atoms with Crippen molar-refractivity contribution in [3.63, 3.8) is 0 Å². The summed E-state index contributed by atoms with van der Waals surface area (Å²) in [6.07, 6.45) is 6.90. The van der Waals surface area contributed by atoms with E-state index < -0.39 is 0 Å². The SMILES string of the molecule is Cc1nc(CN2CCC3(CCC(=O)N(CC4CC4)C3)CC2)n(C)n1. The molecule has 0 N–H and O–H groups in total. The van der Waals surface area contributed by atoms with Crippen molar-refractivity contribution in [2.75, 3.05) is 26.2 Å². The number of aryl methyl sites for hydroxylation is 2. The molecule has 6 nitrogen and oxygen atoms in total. The lowest BCUT2D eigenvalue weighted by molar-refractivity contribution is -0.139. The third-order valence-electron chi connectivity index (χ3n) is 6.16. The van der Waals surface area contributed by atoms with E-state index in [0.29, 0.717) is 11.3 Å². The second kappa shape index (κ2) is 6.14. The monoisotopic (exact) mass is 331 g/mol. The Balaban J connectivity index is 1.34. The average Bonchev–Trinajstić information content (AvgIpc) is 3.31. The van der Waals surface area contributed by atoms with Gasteiger partial charge in [0.1, 0.15) is 11.6 Å². The zero-order valence-corrected chi connectivity index (χ0v) is 15.0. The van der Waals surface area contributed by atoms with Crippen LogP contribution in [0, 0.1) is 18.3 Å². The van der Waals surface area contributed by atoms with Gasteiger partial charge in [0.05, 0.1) is 6.54 Å². The highest BCUT2D eigenvalue weighted by Crippen LogP contribution is 2.41. The minimum atomic E-state index is 0.370. The number of hydrogen-bond donors (Lipinski definition) is 0. The zero-order valence-electron chi connectivity index (χ0n) is 15.0. The van der Waals surface area contributed by atoms with Crippen molar-refractivity contribution in [1.82, 2.24) is 24.6 Å². The molecule has 0 unspecified atom stereocenters. The topological polar surface area (TPSA) is 54.3 Å². The van der Waals surface area contributed by atoms with E-state index in [1.165, 1.54) is 25.7 Å². The van der Waals surface area contributed by atoms with Gasteiger partial charge in [-0.05, 0) is 63.5 Å². The quantitative estimate of drug-likeness (QED) is 0.843. The largest absolute Gasteiger partial charge is 0.342 e. The third-order valence-corrected chi connectivity index (χ3v) is 6.16. The number of hydrogen-bond acceptors (Lipinski definition) is 4. The van der Waals surface area contributed by atoms with Crippen LogP contribution in [0.1, 0.15) is 50.2 Å². The number of carbonyl (C=O) groups is 1. The van der Waals surface area contributed by atoms with E-state index in [9.17, 15) is 4.79 Å². The van der Waals surface area contributed by atoms with Crippen molar-refractivity contribution in [3.8, 4) is 0 Å². The normalized spacial score (nSPS) is 24.8. The first kappa shape index (κ1) is 16.1. The molecule has 1 saturated carbocycles. The Bertz CT molecular complexity index is 613. The summed E-state index contributed by atoms with van der Waals surface area (Å²) < 4.78 is 1.90. The summed E-state index contributed by atoms with van der Waals surface area (Å²) >= 11 is 0.